The predicted octanol–water partition coefficient (Wildman–Crippen LogP) is 3.66. The number of thioether (sulfide) groups is 1. The van der Waals surface area contributed by atoms with E-state index < -0.39 is 0 Å². The zero-order chi connectivity index (χ0) is 17.2. The van der Waals surface area contributed by atoms with Gasteiger partial charge in [-0.3, -0.25) is 4.99 Å². The van der Waals surface area contributed by atoms with Crippen molar-refractivity contribution in [1.82, 2.24) is 10.6 Å². The molecule has 1 heterocycles. The van der Waals surface area contributed by atoms with E-state index in [9.17, 15) is 0 Å². The van der Waals surface area contributed by atoms with Gasteiger partial charge in [-0.05, 0) is 62.8 Å². The molecule has 1 saturated heterocycles. The van der Waals surface area contributed by atoms with Crippen LogP contribution >= 0.6 is 11.8 Å². The quantitative estimate of drug-likeness (QED) is 0.427. The van der Waals surface area contributed by atoms with E-state index in [-0.39, 0.29) is 6.04 Å². The lowest BCUT2D eigenvalue weighted by Gasteiger charge is -2.22. The number of nitrogens with zero attached hydrogens (tertiary/aromatic N) is 2. The lowest BCUT2D eigenvalue weighted by atomic mass is 10.1. The zero-order valence-corrected chi connectivity index (χ0v) is 16.2. The molecule has 1 unspecified atom stereocenters. The molecule has 1 aromatic rings. The fraction of sp³-hybridized carbons (Fsp3) is 0.632. The molecule has 1 aliphatic heterocycles. The van der Waals surface area contributed by atoms with Crippen molar-refractivity contribution in [3.8, 4) is 0 Å². The first-order chi connectivity index (χ1) is 11.7. The largest absolute Gasteiger partial charge is 0.372 e. The van der Waals surface area contributed by atoms with Crippen molar-refractivity contribution in [2.45, 2.75) is 39.2 Å². The van der Waals surface area contributed by atoms with E-state index in [0.717, 1.165) is 31.2 Å². The van der Waals surface area contributed by atoms with Crippen LogP contribution < -0.4 is 15.5 Å². The van der Waals surface area contributed by atoms with Crippen LogP contribution in [-0.2, 0) is 0 Å². The van der Waals surface area contributed by atoms with Crippen LogP contribution in [0.2, 0.25) is 0 Å². The van der Waals surface area contributed by atoms with Crippen LogP contribution in [0.4, 0.5) is 5.69 Å². The summed E-state index contributed by atoms with van der Waals surface area (Å²) in [7, 11) is 0. The molecule has 24 heavy (non-hydrogen) atoms. The standard InChI is InChI=1S/C19H32N4S/c1-4-20-19(21-11-8-14-24-3)22-16(2)17-9-7-10-18(15-17)23-12-5-6-13-23/h7,9-10,15-16H,4-6,8,11-14H2,1-3H3,(H2,20,21,22). The van der Waals surface area contributed by atoms with Crippen LogP contribution in [0.25, 0.3) is 0 Å². The molecule has 2 N–H and O–H groups in total. The maximum Gasteiger partial charge on any atom is 0.191 e. The minimum absolute atomic E-state index is 0.242. The Bertz CT molecular complexity index is 512. The Labute approximate surface area is 151 Å². The summed E-state index contributed by atoms with van der Waals surface area (Å²) < 4.78 is 0. The van der Waals surface area contributed by atoms with Gasteiger partial charge in [0, 0.05) is 31.9 Å². The Morgan fingerprint density at radius 1 is 1.33 bits per heavy atom. The minimum Gasteiger partial charge on any atom is -0.372 e. The number of aliphatic imine (C=N–C) groups is 1. The second-order valence-electron chi connectivity index (χ2n) is 6.26. The van der Waals surface area contributed by atoms with E-state index in [1.165, 1.54) is 37.2 Å². The van der Waals surface area contributed by atoms with Gasteiger partial charge in [0.05, 0.1) is 6.04 Å². The third-order valence-corrected chi connectivity index (χ3v) is 5.01. The van der Waals surface area contributed by atoms with E-state index in [2.05, 4.69) is 64.9 Å². The second kappa shape index (κ2) is 10.5. The van der Waals surface area contributed by atoms with Gasteiger partial charge in [-0.15, -0.1) is 0 Å². The maximum absolute atomic E-state index is 4.69. The summed E-state index contributed by atoms with van der Waals surface area (Å²) >= 11 is 1.88. The van der Waals surface area contributed by atoms with E-state index in [0.29, 0.717) is 0 Å². The number of rotatable bonds is 8. The average Bonchev–Trinajstić information content (AvgIpc) is 3.13. The average molecular weight is 349 g/mol. The molecule has 1 atom stereocenters. The van der Waals surface area contributed by atoms with Crippen LogP contribution in [0.5, 0.6) is 0 Å². The van der Waals surface area contributed by atoms with Crippen molar-refractivity contribution in [3.05, 3.63) is 29.8 Å². The molecule has 4 nitrogen and oxygen atoms in total. The number of hydrogen-bond acceptors (Lipinski definition) is 3. The van der Waals surface area contributed by atoms with Gasteiger partial charge in [-0.25, -0.2) is 0 Å². The van der Waals surface area contributed by atoms with Gasteiger partial charge in [0.25, 0.3) is 0 Å². The van der Waals surface area contributed by atoms with Crippen LogP contribution in [-0.4, -0.2) is 44.1 Å². The first kappa shape index (κ1) is 19.0. The van der Waals surface area contributed by atoms with Gasteiger partial charge >= 0.3 is 0 Å². The Balaban J connectivity index is 1.97. The van der Waals surface area contributed by atoms with Crippen molar-refractivity contribution in [2.24, 2.45) is 4.99 Å². The fourth-order valence-corrected chi connectivity index (χ4v) is 3.39. The minimum atomic E-state index is 0.242. The van der Waals surface area contributed by atoms with Crippen LogP contribution in [0, 0.1) is 0 Å². The van der Waals surface area contributed by atoms with E-state index in [4.69, 9.17) is 0 Å². The normalized spacial score (nSPS) is 16.3. The zero-order valence-electron chi connectivity index (χ0n) is 15.3. The van der Waals surface area contributed by atoms with E-state index in [1.807, 2.05) is 11.8 Å². The van der Waals surface area contributed by atoms with Crippen LogP contribution in [0.1, 0.15) is 44.7 Å². The monoisotopic (exact) mass is 348 g/mol. The molecule has 0 bridgehead atoms. The first-order valence-electron chi connectivity index (χ1n) is 9.13. The van der Waals surface area contributed by atoms with Gasteiger partial charge in [-0.1, -0.05) is 12.1 Å². The van der Waals surface area contributed by atoms with Gasteiger partial charge in [0.1, 0.15) is 0 Å². The Morgan fingerprint density at radius 2 is 2.12 bits per heavy atom. The summed E-state index contributed by atoms with van der Waals surface area (Å²) in [5.74, 6) is 2.08. The van der Waals surface area contributed by atoms with Crippen molar-refractivity contribution in [2.75, 3.05) is 43.1 Å². The fourth-order valence-electron chi connectivity index (χ4n) is 2.97. The Morgan fingerprint density at radius 3 is 2.83 bits per heavy atom. The summed E-state index contributed by atoms with van der Waals surface area (Å²) in [5, 5.41) is 6.89. The van der Waals surface area contributed by atoms with Gasteiger partial charge < -0.3 is 15.5 Å². The molecule has 0 spiro atoms. The number of nitrogens with one attached hydrogen (secondary N) is 2. The lowest BCUT2D eigenvalue weighted by Crippen LogP contribution is -2.38. The Hall–Kier alpha value is -1.36. The molecule has 0 radical (unpaired) electrons. The SMILES string of the molecule is CCNC(=NCCCSC)NC(C)c1cccc(N2CCCC2)c1. The number of anilines is 1. The third kappa shape index (κ3) is 5.93. The summed E-state index contributed by atoms with van der Waals surface area (Å²) in [4.78, 5) is 7.17. The van der Waals surface area contributed by atoms with Crippen LogP contribution in [0.15, 0.2) is 29.3 Å². The molecule has 134 valence electrons. The van der Waals surface area contributed by atoms with E-state index in [1.54, 1.807) is 0 Å². The molecule has 0 aromatic heterocycles. The van der Waals surface area contributed by atoms with Crippen molar-refractivity contribution in [3.63, 3.8) is 0 Å². The molecule has 2 rings (SSSR count). The van der Waals surface area contributed by atoms with Gasteiger partial charge in [0.15, 0.2) is 5.96 Å². The highest BCUT2D eigenvalue weighted by Gasteiger charge is 2.14. The number of benzene rings is 1. The topological polar surface area (TPSA) is 39.7 Å². The molecule has 1 aromatic carbocycles. The van der Waals surface area contributed by atoms with Gasteiger partial charge in [-0.2, -0.15) is 11.8 Å². The molecule has 1 fully saturated rings. The number of guanidine groups is 1. The highest BCUT2D eigenvalue weighted by atomic mass is 32.2. The Kier molecular flexibility index (Phi) is 8.29. The second-order valence-corrected chi connectivity index (χ2v) is 7.25. The predicted molar refractivity (Wildman–Crippen MR) is 108 cm³/mol. The van der Waals surface area contributed by atoms with Crippen molar-refractivity contribution in [1.29, 1.82) is 0 Å². The molecule has 1 aliphatic rings. The first-order valence-corrected chi connectivity index (χ1v) is 10.5. The summed E-state index contributed by atoms with van der Waals surface area (Å²) in [6.45, 7) is 8.44. The van der Waals surface area contributed by atoms with Crippen molar-refractivity contribution < 1.29 is 0 Å². The summed E-state index contributed by atoms with van der Waals surface area (Å²) in [6.07, 6.45) is 5.88. The highest BCUT2D eigenvalue weighted by molar-refractivity contribution is 7.98. The lowest BCUT2D eigenvalue weighted by molar-refractivity contribution is 0.685. The summed E-state index contributed by atoms with van der Waals surface area (Å²) in [6, 6.07) is 9.16. The molecular formula is C19H32N4S. The van der Waals surface area contributed by atoms with Crippen molar-refractivity contribution >= 4 is 23.4 Å². The van der Waals surface area contributed by atoms with E-state index >= 15 is 0 Å². The number of hydrogen-bond donors (Lipinski definition) is 2. The molecule has 0 aliphatic carbocycles. The molecule has 5 heteroatoms. The molecule has 0 amide bonds. The third-order valence-electron chi connectivity index (χ3n) is 4.32. The smallest absolute Gasteiger partial charge is 0.191 e. The maximum atomic E-state index is 4.69. The summed E-state index contributed by atoms with van der Waals surface area (Å²) in [5.41, 5.74) is 2.66. The highest BCUT2D eigenvalue weighted by Crippen LogP contribution is 2.23. The molecule has 0 saturated carbocycles. The van der Waals surface area contributed by atoms with Gasteiger partial charge in [0.2, 0.25) is 0 Å². The molecular weight excluding hydrogens is 316 g/mol. The van der Waals surface area contributed by atoms with Crippen LogP contribution in [0.3, 0.4) is 0 Å².